The van der Waals surface area contributed by atoms with Gasteiger partial charge in [0.1, 0.15) is 11.9 Å². The number of nitrogens with two attached hydrogens (primary N) is 1. The topological polar surface area (TPSA) is 90.3 Å². The molecule has 88 valence electrons. The number of nitrogen functional groups attached to an aromatic ring is 1. The van der Waals surface area contributed by atoms with E-state index in [4.69, 9.17) is 22.7 Å². The van der Waals surface area contributed by atoms with Crippen LogP contribution in [0.5, 0.6) is 0 Å². The maximum absolute atomic E-state index is 9.76. The van der Waals surface area contributed by atoms with Gasteiger partial charge in [0.2, 0.25) is 0 Å². The fourth-order valence-electron chi connectivity index (χ4n) is 1.35. The summed E-state index contributed by atoms with van der Waals surface area (Å²) in [5.74, 6) is 0.270. The number of aliphatic hydroxyl groups excluding tert-OH is 2. The summed E-state index contributed by atoms with van der Waals surface area (Å²) in [4.78, 5) is 0. The quantitative estimate of drug-likeness (QED) is 0.353. The molecule has 5 heteroatoms. The molecule has 1 rings (SSSR count). The highest BCUT2D eigenvalue weighted by molar-refractivity contribution is 6.17. The van der Waals surface area contributed by atoms with Crippen LogP contribution in [0, 0.1) is 5.41 Å². The molecule has 0 amide bonds. The van der Waals surface area contributed by atoms with Crippen molar-refractivity contribution in [1.29, 1.82) is 5.41 Å². The van der Waals surface area contributed by atoms with Crippen LogP contribution in [-0.4, -0.2) is 28.0 Å². The Bertz CT molecular complexity index is 354. The summed E-state index contributed by atoms with van der Waals surface area (Å²) >= 11 is 5.48. The summed E-state index contributed by atoms with van der Waals surface area (Å²) in [5, 5.41) is 26.5. The number of amidine groups is 1. The van der Waals surface area contributed by atoms with Crippen molar-refractivity contribution in [3.63, 3.8) is 0 Å². The minimum Gasteiger partial charge on any atom is -0.390 e. The fraction of sp³-hybridized carbons (Fsp3) is 0.364. The number of halogens is 1. The minimum absolute atomic E-state index is 0.0256. The summed E-state index contributed by atoms with van der Waals surface area (Å²) in [6.45, 7) is 0. The maximum Gasteiger partial charge on any atom is 0.122 e. The molecular weight excluding hydrogens is 228 g/mol. The minimum atomic E-state index is -0.959. The second-order valence-electron chi connectivity index (χ2n) is 3.53. The van der Waals surface area contributed by atoms with Crippen LogP contribution in [0.1, 0.15) is 23.7 Å². The lowest BCUT2D eigenvalue weighted by Crippen LogP contribution is -2.19. The third-order valence-electron chi connectivity index (χ3n) is 2.33. The maximum atomic E-state index is 9.76. The second-order valence-corrected chi connectivity index (χ2v) is 3.90. The van der Waals surface area contributed by atoms with Crippen molar-refractivity contribution in [2.75, 3.05) is 5.88 Å². The molecule has 0 saturated heterocycles. The summed E-state index contributed by atoms with van der Waals surface area (Å²) in [6.07, 6.45) is -1.50. The van der Waals surface area contributed by atoms with E-state index in [1.165, 1.54) is 0 Å². The summed E-state index contributed by atoms with van der Waals surface area (Å²) in [7, 11) is 0. The number of benzene rings is 1. The average Bonchev–Trinajstić information content (AvgIpc) is 2.28. The molecule has 0 aliphatic heterocycles. The van der Waals surface area contributed by atoms with E-state index in [2.05, 4.69) is 0 Å². The first-order valence-corrected chi connectivity index (χ1v) is 5.46. The lowest BCUT2D eigenvalue weighted by atomic mass is 10.0. The molecule has 0 fully saturated rings. The van der Waals surface area contributed by atoms with Gasteiger partial charge >= 0.3 is 0 Å². The van der Waals surface area contributed by atoms with Gasteiger partial charge in [0.25, 0.3) is 0 Å². The van der Waals surface area contributed by atoms with Gasteiger partial charge in [-0.2, -0.15) is 0 Å². The van der Waals surface area contributed by atoms with E-state index in [1.807, 2.05) is 0 Å². The largest absolute Gasteiger partial charge is 0.390 e. The number of nitrogens with one attached hydrogen (secondary N) is 1. The first-order chi connectivity index (χ1) is 7.56. The van der Waals surface area contributed by atoms with Crippen LogP contribution in [0.3, 0.4) is 0 Å². The normalized spacial score (nSPS) is 14.4. The molecule has 2 unspecified atom stereocenters. The smallest absolute Gasteiger partial charge is 0.122 e. The SMILES string of the molecule is N=C(N)c1ccc(C(O)C(O)CCCl)cc1. The molecule has 0 radical (unpaired) electrons. The first kappa shape index (κ1) is 13.0. The summed E-state index contributed by atoms with van der Waals surface area (Å²) < 4.78 is 0. The van der Waals surface area contributed by atoms with Crippen LogP contribution in [0.2, 0.25) is 0 Å². The fourth-order valence-corrected chi connectivity index (χ4v) is 1.58. The van der Waals surface area contributed by atoms with E-state index in [1.54, 1.807) is 24.3 Å². The van der Waals surface area contributed by atoms with Crippen molar-refractivity contribution in [3.8, 4) is 0 Å². The van der Waals surface area contributed by atoms with Gasteiger partial charge in [0.05, 0.1) is 6.10 Å². The molecule has 1 aromatic carbocycles. The van der Waals surface area contributed by atoms with Gasteiger partial charge in [0, 0.05) is 11.4 Å². The summed E-state index contributed by atoms with van der Waals surface area (Å²) in [5.41, 5.74) is 6.47. The van der Waals surface area contributed by atoms with Gasteiger partial charge in [-0.05, 0) is 12.0 Å². The molecular formula is C11H15ClN2O2. The Morgan fingerprint density at radius 3 is 2.31 bits per heavy atom. The Balaban J connectivity index is 2.77. The predicted molar refractivity (Wildman–Crippen MR) is 63.8 cm³/mol. The number of aliphatic hydroxyl groups is 2. The Labute approximate surface area is 99.2 Å². The molecule has 5 N–H and O–H groups in total. The number of hydrogen-bond acceptors (Lipinski definition) is 3. The van der Waals surface area contributed by atoms with Crippen LogP contribution < -0.4 is 5.73 Å². The van der Waals surface area contributed by atoms with E-state index < -0.39 is 12.2 Å². The van der Waals surface area contributed by atoms with Crippen molar-refractivity contribution in [3.05, 3.63) is 35.4 Å². The van der Waals surface area contributed by atoms with Crippen molar-refractivity contribution in [1.82, 2.24) is 0 Å². The molecule has 0 spiro atoms. The molecule has 4 nitrogen and oxygen atoms in total. The lowest BCUT2D eigenvalue weighted by molar-refractivity contribution is 0.0170. The highest BCUT2D eigenvalue weighted by Gasteiger charge is 2.17. The molecule has 1 aromatic rings. The first-order valence-electron chi connectivity index (χ1n) is 4.92. The molecule has 16 heavy (non-hydrogen) atoms. The third kappa shape index (κ3) is 3.20. The predicted octanol–water partition coefficient (Wildman–Crippen LogP) is 0.994. The lowest BCUT2D eigenvalue weighted by Gasteiger charge is -2.17. The van der Waals surface area contributed by atoms with Crippen LogP contribution in [0.15, 0.2) is 24.3 Å². The van der Waals surface area contributed by atoms with Gasteiger partial charge in [-0.1, -0.05) is 24.3 Å². The van der Waals surface area contributed by atoms with Crippen molar-refractivity contribution < 1.29 is 10.2 Å². The van der Waals surface area contributed by atoms with Crippen LogP contribution >= 0.6 is 11.6 Å². The van der Waals surface area contributed by atoms with Crippen molar-refractivity contribution >= 4 is 17.4 Å². The number of alkyl halides is 1. The number of rotatable bonds is 5. The highest BCUT2D eigenvalue weighted by Crippen LogP contribution is 2.19. The van der Waals surface area contributed by atoms with E-state index in [9.17, 15) is 10.2 Å². The van der Waals surface area contributed by atoms with E-state index in [0.717, 1.165) is 0 Å². The van der Waals surface area contributed by atoms with Crippen molar-refractivity contribution in [2.45, 2.75) is 18.6 Å². The van der Waals surface area contributed by atoms with E-state index in [0.29, 0.717) is 23.4 Å². The standard InChI is InChI=1S/C11H15ClN2O2/c12-6-5-9(15)10(16)7-1-3-8(4-2-7)11(13)14/h1-4,9-10,15-16H,5-6H2,(H3,13,14). The summed E-state index contributed by atoms with van der Waals surface area (Å²) in [6, 6.07) is 6.54. The van der Waals surface area contributed by atoms with Gasteiger partial charge in [-0.3, -0.25) is 5.41 Å². The molecule has 0 aromatic heterocycles. The zero-order chi connectivity index (χ0) is 12.1. The average molecular weight is 243 g/mol. The second kappa shape index (κ2) is 5.84. The van der Waals surface area contributed by atoms with Crippen LogP contribution in [0.4, 0.5) is 0 Å². The monoisotopic (exact) mass is 242 g/mol. The van der Waals surface area contributed by atoms with Gasteiger partial charge in [-0.25, -0.2) is 0 Å². The Morgan fingerprint density at radius 2 is 1.88 bits per heavy atom. The van der Waals surface area contributed by atoms with Gasteiger partial charge in [0.15, 0.2) is 0 Å². The third-order valence-corrected chi connectivity index (χ3v) is 2.55. The molecule has 0 aliphatic rings. The van der Waals surface area contributed by atoms with Crippen LogP contribution in [-0.2, 0) is 0 Å². The molecule has 0 heterocycles. The van der Waals surface area contributed by atoms with Crippen LogP contribution in [0.25, 0.3) is 0 Å². The van der Waals surface area contributed by atoms with Gasteiger partial charge < -0.3 is 15.9 Å². The number of hydrogen-bond donors (Lipinski definition) is 4. The Hall–Kier alpha value is -1.10. The highest BCUT2D eigenvalue weighted by atomic mass is 35.5. The zero-order valence-electron chi connectivity index (χ0n) is 8.73. The molecule has 0 aliphatic carbocycles. The molecule has 2 atom stereocenters. The Kier molecular flexibility index (Phi) is 4.73. The molecule has 0 saturated carbocycles. The van der Waals surface area contributed by atoms with Gasteiger partial charge in [-0.15, -0.1) is 11.6 Å². The van der Waals surface area contributed by atoms with Crippen molar-refractivity contribution in [2.24, 2.45) is 5.73 Å². The van der Waals surface area contributed by atoms with E-state index in [-0.39, 0.29) is 5.84 Å². The van der Waals surface area contributed by atoms with E-state index >= 15 is 0 Å². The zero-order valence-corrected chi connectivity index (χ0v) is 9.48. The Morgan fingerprint density at radius 1 is 1.31 bits per heavy atom. The molecule has 0 bridgehead atoms.